The van der Waals surface area contributed by atoms with Gasteiger partial charge in [0.1, 0.15) is 0 Å². The van der Waals surface area contributed by atoms with Crippen LogP contribution in [0.2, 0.25) is 0 Å². The molecule has 0 aromatic heterocycles. The lowest BCUT2D eigenvalue weighted by atomic mass is 9.89. The molecule has 0 aliphatic rings. The summed E-state index contributed by atoms with van der Waals surface area (Å²) in [4.78, 5) is 0.513. The van der Waals surface area contributed by atoms with E-state index < -0.39 is 0 Å². The second kappa shape index (κ2) is 7.20. The maximum atomic E-state index is 3.93. The minimum atomic E-state index is 0.513. The van der Waals surface area contributed by atoms with Crippen LogP contribution >= 0.6 is 15.9 Å². The van der Waals surface area contributed by atoms with Gasteiger partial charge >= 0.3 is 0 Å². The van der Waals surface area contributed by atoms with Gasteiger partial charge in [-0.3, -0.25) is 0 Å². The van der Waals surface area contributed by atoms with Crippen LogP contribution in [0.4, 0.5) is 0 Å². The number of hydrogen-bond donors (Lipinski definition) is 0. The van der Waals surface area contributed by atoms with Gasteiger partial charge in [0.05, 0.1) is 0 Å². The Morgan fingerprint density at radius 2 is 1.88 bits per heavy atom. The van der Waals surface area contributed by atoms with Crippen molar-refractivity contribution in [3.63, 3.8) is 0 Å². The zero-order valence-corrected chi connectivity index (χ0v) is 13.2. The molecule has 0 fully saturated rings. The molecular formula is C16H25Br. The molecule has 0 saturated heterocycles. The average molecular weight is 297 g/mol. The molecule has 0 bridgehead atoms. The van der Waals surface area contributed by atoms with Crippen LogP contribution < -0.4 is 0 Å². The number of aryl methyl sites for hydroxylation is 2. The summed E-state index contributed by atoms with van der Waals surface area (Å²) in [6.07, 6.45) is 5.22. The Balaban J connectivity index is 2.85. The van der Waals surface area contributed by atoms with Crippen LogP contribution in [-0.4, -0.2) is 0 Å². The lowest BCUT2D eigenvalue weighted by Gasteiger charge is -2.23. The summed E-state index contributed by atoms with van der Waals surface area (Å²) in [5.41, 5.74) is 4.25. The highest BCUT2D eigenvalue weighted by Crippen LogP contribution is 2.38. The van der Waals surface area contributed by atoms with E-state index in [2.05, 4.69) is 61.8 Å². The van der Waals surface area contributed by atoms with E-state index in [1.165, 1.54) is 42.4 Å². The summed E-state index contributed by atoms with van der Waals surface area (Å²) >= 11 is 3.93. The molecule has 2 atom stereocenters. The fraction of sp³-hybridized carbons (Fsp3) is 0.625. The van der Waals surface area contributed by atoms with Crippen molar-refractivity contribution < 1.29 is 0 Å². The molecule has 96 valence electrons. The molecular weight excluding hydrogens is 272 g/mol. The molecule has 0 radical (unpaired) electrons. The fourth-order valence-corrected chi connectivity index (χ4v) is 3.47. The van der Waals surface area contributed by atoms with E-state index in [0.717, 1.165) is 5.92 Å². The Labute approximate surface area is 115 Å². The third kappa shape index (κ3) is 4.13. The summed E-state index contributed by atoms with van der Waals surface area (Å²) in [7, 11) is 0. The topological polar surface area (TPSA) is 0 Å². The molecule has 0 aliphatic heterocycles. The van der Waals surface area contributed by atoms with E-state index in [0.29, 0.717) is 4.83 Å². The number of hydrogen-bond acceptors (Lipinski definition) is 0. The van der Waals surface area contributed by atoms with Crippen LogP contribution in [0.25, 0.3) is 0 Å². The van der Waals surface area contributed by atoms with Crippen LogP contribution in [0.5, 0.6) is 0 Å². The number of halogens is 1. The first-order valence-electron chi connectivity index (χ1n) is 6.81. The summed E-state index contributed by atoms with van der Waals surface area (Å²) in [6.45, 7) is 8.97. The maximum absolute atomic E-state index is 3.93. The van der Waals surface area contributed by atoms with Crippen molar-refractivity contribution >= 4 is 15.9 Å². The van der Waals surface area contributed by atoms with Crippen molar-refractivity contribution in [1.29, 1.82) is 0 Å². The summed E-state index contributed by atoms with van der Waals surface area (Å²) in [5, 5.41) is 0. The van der Waals surface area contributed by atoms with Crippen molar-refractivity contribution in [3.8, 4) is 0 Å². The Morgan fingerprint density at radius 1 is 1.18 bits per heavy atom. The highest BCUT2D eigenvalue weighted by atomic mass is 79.9. The third-order valence-electron chi connectivity index (χ3n) is 3.60. The van der Waals surface area contributed by atoms with Crippen molar-refractivity contribution in [2.75, 3.05) is 0 Å². The highest BCUT2D eigenvalue weighted by Gasteiger charge is 2.20. The monoisotopic (exact) mass is 296 g/mol. The molecule has 0 N–H and O–H groups in total. The zero-order chi connectivity index (χ0) is 12.8. The van der Waals surface area contributed by atoms with E-state index in [4.69, 9.17) is 0 Å². The van der Waals surface area contributed by atoms with Gasteiger partial charge in [0.2, 0.25) is 0 Å². The fourth-order valence-electron chi connectivity index (χ4n) is 2.33. The number of alkyl halides is 1. The maximum Gasteiger partial charge on any atom is 0.0426 e. The predicted molar refractivity (Wildman–Crippen MR) is 80.9 cm³/mol. The van der Waals surface area contributed by atoms with E-state index in [1.807, 2.05) is 0 Å². The second-order valence-electron chi connectivity index (χ2n) is 5.07. The number of benzene rings is 1. The summed E-state index contributed by atoms with van der Waals surface area (Å²) in [6, 6.07) is 6.78. The molecule has 17 heavy (non-hydrogen) atoms. The molecule has 1 aromatic rings. The van der Waals surface area contributed by atoms with E-state index in [1.54, 1.807) is 0 Å². The minimum absolute atomic E-state index is 0.513. The van der Waals surface area contributed by atoms with E-state index in [9.17, 15) is 0 Å². The van der Waals surface area contributed by atoms with Crippen LogP contribution in [0, 0.1) is 19.8 Å². The first kappa shape index (κ1) is 14.8. The van der Waals surface area contributed by atoms with Gasteiger partial charge in [-0.15, -0.1) is 0 Å². The molecule has 1 rings (SSSR count). The lowest BCUT2D eigenvalue weighted by Crippen LogP contribution is -2.08. The van der Waals surface area contributed by atoms with Crippen molar-refractivity contribution in [1.82, 2.24) is 0 Å². The van der Waals surface area contributed by atoms with Gasteiger partial charge in [-0.05, 0) is 37.3 Å². The van der Waals surface area contributed by atoms with Crippen LogP contribution in [0.3, 0.4) is 0 Å². The Hall–Kier alpha value is -0.300. The molecule has 0 aliphatic carbocycles. The van der Waals surface area contributed by atoms with Crippen molar-refractivity contribution in [3.05, 3.63) is 34.9 Å². The molecule has 0 nitrogen and oxygen atoms in total. The Bertz CT molecular complexity index is 343. The van der Waals surface area contributed by atoms with Crippen LogP contribution in [-0.2, 0) is 0 Å². The zero-order valence-electron chi connectivity index (χ0n) is 11.6. The first-order chi connectivity index (χ1) is 8.10. The standard InChI is InChI=1S/C16H25Br/c1-5-7-8-14(6-2)16(17)15-11-12(3)9-10-13(15)4/h9-11,14,16H,5-8H2,1-4H3. The molecule has 0 saturated carbocycles. The van der Waals surface area contributed by atoms with Gasteiger partial charge in [0.15, 0.2) is 0 Å². The number of unbranched alkanes of at least 4 members (excludes halogenated alkanes) is 1. The van der Waals surface area contributed by atoms with Gasteiger partial charge in [0.25, 0.3) is 0 Å². The lowest BCUT2D eigenvalue weighted by molar-refractivity contribution is 0.445. The first-order valence-corrected chi connectivity index (χ1v) is 7.72. The highest BCUT2D eigenvalue weighted by molar-refractivity contribution is 9.09. The molecule has 0 heterocycles. The van der Waals surface area contributed by atoms with Gasteiger partial charge < -0.3 is 0 Å². The van der Waals surface area contributed by atoms with E-state index >= 15 is 0 Å². The minimum Gasteiger partial charge on any atom is -0.0836 e. The smallest absolute Gasteiger partial charge is 0.0426 e. The third-order valence-corrected chi connectivity index (χ3v) is 4.84. The molecule has 0 spiro atoms. The van der Waals surface area contributed by atoms with Crippen LogP contribution in [0.15, 0.2) is 18.2 Å². The van der Waals surface area contributed by atoms with Crippen molar-refractivity contribution in [2.24, 2.45) is 5.92 Å². The van der Waals surface area contributed by atoms with Gasteiger partial charge in [-0.2, -0.15) is 0 Å². The SMILES string of the molecule is CCCCC(CC)C(Br)c1cc(C)ccc1C. The Kier molecular flexibility index (Phi) is 6.26. The molecule has 0 amide bonds. The molecule has 2 unspecified atom stereocenters. The van der Waals surface area contributed by atoms with Gasteiger partial charge in [-0.25, -0.2) is 0 Å². The predicted octanol–water partition coefficient (Wildman–Crippen LogP) is 5.96. The normalized spacial score (nSPS) is 14.6. The van der Waals surface area contributed by atoms with Crippen molar-refractivity contribution in [2.45, 2.75) is 58.2 Å². The quantitative estimate of drug-likeness (QED) is 0.569. The molecule has 1 heteroatoms. The van der Waals surface area contributed by atoms with E-state index in [-0.39, 0.29) is 0 Å². The molecule has 1 aromatic carbocycles. The van der Waals surface area contributed by atoms with Crippen LogP contribution in [0.1, 0.15) is 61.0 Å². The Morgan fingerprint density at radius 3 is 2.47 bits per heavy atom. The number of rotatable bonds is 6. The van der Waals surface area contributed by atoms with Gasteiger partial charge in [0, 0.05) is 4.83 Å². The second-order valence-corrected chi connectivity index (χ2v) is 6.06. The largest absolute Gasteiger partial charge is 0.0836 e. The average Bonchev–Trinajstić information content (AvgIpc) is 2.33. The van der Waals surface area contributed by atoms with Gasteiger partial charge in [-0.1, -0.05) is 72.8 Å². The summed E-state index contributed by atoms with van der Waals surface area (Å²) in [5.74, 6) is 0.760. The summed E-state index contributed by atoms with van der Waals surface area (Å²) < 4.78 is 0.